The van der Waals surface area contributed by atoms with Crippen molar-refractivity contribution in [3.63, 3.8) is 0 Å². The highest BCUT2D eigenvalue weighted by atomic mass is 32.1. The quantitative estimate of drug-likeness (QED) is 0.835. The van der Waals surface area contributed by atoms with Crippen LogP contribution in [0.1, 0.15) is 62.8 Å². The summed E-state index contributed by atoms with van der Waals surface area (Å²) in [5.74, 6) is 0.859. The van der Waals surface area contributed by atoms with Gasteiger partial charge < -0.3 is 5.32 Å². The lowest BCUT2D eigenvalue weighted by molar-refractivity contribution is 0.164. The molecule has 2 nitrogen and oxygen atoms in total. The predicted molar refractivity (Wildman–Crippen MR) is 91.9 cm³/mol. The summed E-state index contributed by atoms with van der Waals surface area (Å²) >= 11 is 1.93. The monoisotopic (exact) mass is 306 g/mol. The van der Waals surface area contributed by atoms with Gasteiger partial charge in [0.25, 0.3) is 0 Å². The Morgan fingerprint density at radius 1 is 1.19 bits per heavy atom. The molecular formula is C18H30N2S. The number of nitrogens with zero attached hydrogens (tertiary/aromatic N) is 1. The van der Waals surface area contributed by atoms with Crippen LogP contribution in [0.25, 0.3) is 0 Å². The van der Waals surface area contributed by atoms with Gasteiger partial charge in [-0.25, -0.2) is 0 Å². The molecule has 2 atom stereocenters. The molecule has 2 heterocycles. The topological polar surface area (TPSA) is 15.3 Å². The van der Waals surface area contributed by atoms with Gasteiger partial charge in [-0.15, -0.1) is 11.3 Å². The summed E-state index contributed by atoms with van der Waals surface area (Å²) in [6, 6.07) is 5.80. The van der Waals surface area contributed by atoms with E-state index in [1.54, 1.807) is 4.88 Å². The molecule has 1 saturated carbocycles. The summed E-state index contributed by atoms with van der Waals surface area (Å²) in [7, 11) is 0. The third-order valence-corrected chi connectivity index (χ3v) is 6.32. The summed E-state index contributed by atoms with van der Waals surface area (Å²) in [5.41, 5.74) is 0. The largest absolute Gasteiger partial charge is 0.307 e. The van der Waals surface area contributed by atoms with E-state index in [1.165, 1.54) is 58.0 Å². The van der Waals surface area contributed by atoms with Crippen molar-refractivity contribution in [3.05, 3.63) is 22.4 Å². The summed E-state index contributed by atoms with van der Waals surface area (Å²) in [4.78, 5) is 4.23. The second-order valence-electron chi connectivity index (χ2n) is 6.89. The molecule has 2 fully saturated rings. The summed E-state index contributed by atoms with van der Waals surface area (Å²) in [6.45, 7) is 6.14. The molecule has 0 bridgehead atoms. The lowest BCUT2D eigenvalue weighted by Crippen LogP contribution is -2.44. The highest BCUT2D eigenvalue weighted by Gasteiger charge is 2.27. The summed E-state index contributed by atoms with van der Waals surface area (Å²) in [6.07, 6.45) is 9.88. The van der Waals surface area contributed by atoms with Crippen molar-refractivity contribution in [2.45, 2.75) is 64.0 Å². The molecule has 118 valence electrons. The first kappa shape index (κ1) is 15.5. The third kappa shape index (κ3) is 4.08. The van der Waals surface area contributed by atoms with E-state index in [0.29, 0.717) is 12.1 Å². The van der Waals surface area contributed by atoms with Crippen LogP contribution in [0.3, 0.4) is 0 Å². The summed E-state index contributed by atoms with van der Waals surface area (Å²) < 4.78 is 0. The minimum Gasteiger partial charge on any atom is -0.307 e. The number of rotatable bonds is 6. The highest BCUT2D eigenvalue weighted by Crippen LogP contribution is 2.37. The molecule has 0 amide bonds. The van der Waals surface area contributed by atoms with E-state index >= 15 is 0 Å². The molecule has 1 N–H and O–H groups in total. The van der Waals surface area contributed by atoms with Crippen LogP contribution < -0.4 is 5.32 Å². The second kappa shape index (κ2) is 7.75. The third-order valence-electron chi connectivity index (χ3n) is 5.37. The van der Waals surface area contributed by atoms with Gasteiger partial charge >= 0.3 is 0 Å². The van der Waals surface area contributed by atoms with E-state index in [0.717, 1.165) is 12.5 Å². The molecule has 1 aliphatic heterocycles. The highest BCUT2D eigenvalue weighted by molar-refractivity contribution is 7.10. The first-order valence-electron chi connectivity index (χ1n) is 8.85. The van der Waals surface area contributed by atoms with Crippen molar-refractivity contribution < 1.29 is 0 Å². The second-order valence-corrected chi connectivity index (χ2v) is 7.87. The average Bonchev–Trinajstić information content (AvgIpc) is 3.22. The van der Waals surface area contributed by atoms with Gasteiger partial charge in [0.1, 0.15) is 0 Å². The smallest absolute Gasteiger partial charge is 0.0443 e. The average molecular weight is 307 g/mol. The number of nitrogens with one attached hydrogen (secondary N) is 1. The van der Waals surface area contributed by atoms with E-state index < -0.39 is 0 Å². The molecule has 0 radical (unpaired) electrons. The molecule has 0 aromatic carbocycles. The van der Waals surface area contributed by atoms with Crippen LogP contribution in [-0.2, 0) is 0 Å². The maximum Gasteiger partial charge on any atom is 0.0443 e. The van der Waals surface area contributed by atoms with E-state index in [9.17, 15) is 0 Å². The Morgan fingerprint density at radius 2 is 1.95 bits per heavy atom. The van der Waals surface area contributed by atoms with Crippen LogP contribution in [0.4, 0.5) is 0 Å². The van der Waals surface area contributed by atoms with Gasteiger partial charge in [-0.1, -0.05) is 25.3 Å². The fraction of sp³-hybridized carbons (Fsp3) is 0.778. The van der Waals surface area contributed by atoms with Gasteiger partial charge in [0, 0.05) is 23.5 Å². The summed E-state index contributed by atoms with van der Waals surface area (Å²) in [5, 5.41) is 6.16. The fourth-order valence-electron chi connectivity index (χ4n) is 4.04. The van der Waals surface area contributed by atoms with E-state index in [-0.39, 0.29) is 0 Å². The van der Waals surface area contributed by atoms with E-state index in [2.05, 4.69) is 34.7 Å². The lowest BCUT2D eigenvalue weighted by atomic mass is 9.96. The lowest BCUT2D eigenvalue weighted by Gasteiger charge is -2.34. The number of hydrogen-bond acceptors (Lipinski definition) is 3. The molecule has 1 aromatic heterocycles. The van der Waals surface area contributed by atoms with Crippen LogP contribution >= 0.6 is 11.3 Å². The number of thiophene rings is 1. The fourth-order valence-corrected chi connectivity index (χ4v) is 4.94. The van der Waals surface area contributed by atoms with Crippen LogP contribution in [-0.4, -0.2) is 30.6 Å². The molecule has 21 heavy (non-hydrogen) atoms. The Bertz CT molecular complexity index is 391. The number of likely N-dealkylation sites (tertiary alicyclic amines) is 1. The Balaban J connectivity index is 1.56. The SMILES string of the molecule is CC(CNC(c1cccs1)C1CCCC1)N1CCCCC1. The van der Waals surface area contributed by atoms with Gasteiger partial charge in [0.2, 0.25) is 0 Å². The number of hydrogen-bond donors (Lipinski definition) is 1. The molecular weight excluding hydrogens is 276 g/mol. The van der Waals surface area contributed by atoms with Gasteiger partial charge in [-0.05, 0) is 63.1 Å². The molecule has 2 aliphatic rings. The Hall–Kier alpha value is -0.380. The van der Waals surface area contributed by atoms with Crippen molar-refractivity contribution >= 4 is 11.3 Å². The molecule has 3 rings (SSSR count). The van der Waals surface area contributed by atoms with Gasteiger partial charge in [-0.3, -0.25) is 4.90 Å². The van der Waals surface area contributed by atoms with Crippen molar-refractivity contribution in [1.29, 1.82) is 0 Å². The Labute approximate surface area is 133 Å². The zero-order valence-corrected chi connectivity index (χ0v) is 14.2. The maximum atomic E-state index is 3.93. The molecule has 1 saturated heterocycles. The normalized spacial score (nSPS) is 24.2. The minimum atomic E-state index is 0.597. The zero-order valence-electron chi connectivity index (χ0n) is 13.4. The molecule has 0 spiro atoms. The maximum absolute atomic E-state index is 3.93. The van der Waals surface area contributed by atoms with Crippen LogP contribution in [0, 0.1) is 5.92 Å². The molecule has 2 unspecified atom stereocenters. The van der Waals surface area contributed by atoms with Gasteiger partial charge in [-0.2, -0.15) is 0 Å². The van der Waals surface area contributed by atoms with Crippen molar-refractivity contribution in [2.75, 3.05) is 19.6 Å². The first-order chi connectivity index (χ1) is 10.3. The Kier molecular flexibility index (Phi) is 5.73. The van der Waals surface area contributed by atoms with E-state index in [4.69, 9.17) is 0 Å². The molecule has 1 aliphatic carbocycles. The van der Waals surface area contributed by atoms with Crippen LogP contribution in [0.15, 0.2) is 17.5 Å². The van der Waals surface area contributed by atoms with Crippen LogP contribution in [0.2, 0.25) is 0 Å². The molecule has 3 heteroatoms. The van der Waals surface area contributed by atoms with Gasteiger partial charge in [0.05, 0.1) is 0 Å². The van der Waals surface area contributed by atoms with Crippen LogP contribution in [0.5, 0.6) is 0 Å². The number of piperidine rings is 1. The standard InChI is InChI=1S/C18H30N2S/c1-15(20-11-5-2-6-12-20)14-19-18(16-8-3-4-9-16)17-10-7-13-21-17/h7,10,13,15-16,18-19H,2-6,8-9,11-12,14H2,1H3. The van der Waals surface area contributed by atoms with Crippen molar-refractivity contribution in [2.24, 2.45) is 5.92 Å². The van der Waals surface area contributed by atoms with Crippen molar-refractivity contribution in [3.8, 4) is 0 Å². The van der Waals surface area contributed by atoms with E-state index in [1.807, 2.05) is 11.3 Å². The zero-order chi connectivity index (χ0) is 14.5. The minimum absolute atomic E-state index is 0.597. The molecule has 1 aromatic rings. The predicted octanol–water partition coefficient (Wildman–Crippen LogP) is 4.44. The first-order valence-corrected chi connectivity index (χ1v) is 9.73. The van der Waals surface area contributed by atoms with Crippen molar-refractivity contribution in [1.82, 2.24) is 10.2 Å². The Morgan fingerprint density at radius 3 is 2.62 bits per heavy atom. The van der Waals surface area contributed by atoms with Gasteiger partial charge in [0.15, 0.2) is 0 Å².